The first-order valence-electron chi connectivity index (χ1n) is 21.9. The fraction of sp³-hybridized carbons (Fsp3) is 0.333. The number of alkyl carbamates (subject to hydrolysis) is 2. The summed E-state index contributed by atoms with van der Waals surface area (Å²) in [6.07, 6.45) is 9.32. The highest BCUT2D eigenvalue weighted by molar-refractivity contribution is 5.89. The van der Waals surface area contributed by atoms with Crippen molar-refractivity contribution in [2.24, 2.45) is 5.92 Å². The van der Waals surface area contributed by atoms with Crippen LogP contribution in [0.5, 0.6) is 0 Å². The minimum absolute atomic E-state index is 0.118. The first-order valence-corrected chi connectivity index (χ1v) is 21.9. The van der Waals surface area contributed by atoms with E-state index in [0.717, 1.165) is 87.0 Å². The van der Waals surface area contributed by atoms with E-state index < -0.39 is 24.3 Å². The molecule has 0 bridgehead atoms. The summed E-state index contributed by atoms with van der Waals surface area (Å²) >= 11 is 0. The van der Waals surface area contributed by atoms with Crippen molar-refractivity contribution in [3.8, 4) is 33.8 Å². The Morgan fingerprint density at radius 1 is 0.723 bits per heavy atom. The highest BCUT2D eigenvalue weighted by Crippen LogP contribution is 2.35. The number of nitrogens with zero attached hydrogens (tertiary/aromatic N) is 6. The molecule has 2 saturated heterocycles. The Bertz CT molecular complexity index is 2870. The standard InChI is InChI=1S/C48H51N11O6/c1-27(2)42(57-48(63)65-4)46(61)59-20-8-12-41(59)44-51-25-38(54-44)29-15-13-28(14-16-29)37-24-50-35-21-30(17-18-34(35)53-37)39-26-52-43(55-39)40-11-7-19-58(40)45(60)36(56-47(62)64-3)22-31-23-49-33-10-6-5-9-32(31)33/h5-6,9-10,13-18,21,23-27,36,40-42,49H,7-8,11-12,19-20,22H2,1-4H3,(H,51,54)(H,52,55)(H,56,62)(H,57,63)/t36-,40+,41+,42+/m1/s1. The van der Waals surface area contributed by atoms with Crippen LogP contribution in [0.25, 0.3) is 55.7 Å². The first-order chi connectivity index (χ1) is 31.6. The van der Waals surface area contributed by atoms with Crippen LogP contribution in [0.2, 0.25) is 0 Å². The van der Waals surface area contributed by atoms with Crippen LogP contribution in [0.1, 0.15) is 68.8 Å². The number of ether oxygens (including phenoxy) is 2. The van der Waals surface area contributed by atoms with E-state index in [9.17, 15) is 19.2 Å². The van der Waals surface area contributed by atoms with Gasteiger partial charge in [-0.2, -0.15) is 0 Å². The largest absolute Gasteiger partial charge is 0.453 e. The van der Waals surface area contributed by atoms with E-state index in [1.54, 1.807) is 28.4 Å². The van der Waals surface area contributed by atoms with Crippen molar-refractivity contribution in [1.29, 1.82) is 0 Å². The lowest BCUT2D eigenvalue weighted by molar-refractivity contribution is -0.135. The van der Waals surface area contributed by atoms with E-state index in [0.29, 0.717) is 31.2 Å². The Hall–Kier alpha value is -7.56. The molecule has 6 heterocycles. The summed E-state index contributed by atoms with van der Waals surface area (Å²) in [4.78, 5) is 85.1. The zero-order valence-corrected chi connectivity index (χ0v) is 36.6. The number of carbonyl (C=O) groups is 4. The summed E-state index contributed by atoms with van der Waals surface area (Å²) in [5, 5.41) is 6.47. The maximum absolute atomic E-state index is 14.2. The lowest BCUT2D eigenvalue weighted by atomic mass is 10.0. The second kappa shape index (κ2) is 18.3. The molecule has 17 heteroatoms. The Kier molecular flexibility index (Phi) is 12.0. The summed E-state index contributed by atoms with van der Waals surface area (Å²) in [5.74, 6) is 0.906. The highest BCUT2D eigenvalue weighted by atomic mass is 16.5. The molecule has 2 fully saturated rings. The second-order valence-corrected chi connectivity index (χ2v) is 16.9. The van der Waals surface area contributed by atoms with Crippen LogP contribution in [0.15, 0.2) is 91.5 Å². The van der Waals surface area contributed by atoms with Gasteiger partial charge >= 0.3 is 12.2 Å². The number of hydrogen-bond acceptors (Lipinski definition) is 10. The second-order valence-electron chi connectivity index (χ2n) is 16.9. The topological polar surface area (TPSA) is 216 Å². The summed E-state index contributed by atoms with van der Waals surface area (Å²) < 4.78 is 9.67. The first kappa shape index (κ1) is 42.7. The van der Waals surface area contributed by atoms with Crippen LogP contribution in [0, 0.1) is 5.92 Å². The van der Waals surface area contributed by atoms with Gasteiger partial charge in [-0.3, -0.25) is 14.6 Å². The molecule has 0 aliphatic carbocycles. The average Bonchev–Trinajstić information content (AvgIpc) is 4.20. The fourth-order valence-electron chi connectivity index (χ4n) is 9.07. The van der Waals surface area contributed by atoms with E-state index in [-0.39, 0.29) is 29.8 Å². The van der Waals surface area contributed by atoms with Gasteiger partial charge < -0.3 is 44.9 Å². The predicted octanol–water partition coefficient (Wildman–Crippen LogP) is 7.23. The number of rotatable bonds is 12. The summed E-state index contributed by atoms with van der Waals surface area (Å²) in [7, 11) is 2.57. The van der Waals surface area contributed by atoms with Gasteiger partial charge in [-0.15, -0.1) is 0 Å². The molecular formula is C48H51N11O6. The summed E-state index contributed by atoms with van der Waals surface area (Å²) in [6, 6.07) is 19.7. The molecule has 3 aromatic carbocycles. The van der Waals surface area contributed by atoms with Crippen molar-refractivity contribution in [2.75, 3.05) is 27.3 Å². The smallest absolute Gasteiger partial charge is 0.407 e. The minimum Gasteiger partial charge on any atom is -0.453 e. The molecule has 65 heavy (non-hydrogen) atoms. The van der Waals surface area contributed by atoms with Crippen LogP contribution in [0.4, 0.5) is 9.59 Å². The van der Waals surface area contributed by atoms with Gasteiger partial charge in [0.15, 0.2) is 0 Å². The molecule has 0 spiro atoms. The van der Waals surface area contributed by atoms with Gasteiger partial charge in [0.2, 0.25) is 11.8 Å². The third-order valence-corrected chi connectivity index (χ3v) is 12.5. The molecule has 17 nitrogen and oxygen atoms in total. The van der Waals surface area contributed by atoms with Gasteiger partial charge in [-0.05, 0) is 60.9 Å². The van der Waals surface area contributed by atoms with Crippen molar-refractivity contribution >= 4 is 45.9 Å². The lowest BCUT2D eigenvalue weighted by Gasteiger charge is -2.30. The third kappa shape index (κ3) is 8.73. The van der Waals surface area contributed by atoms with E-state index in [4.69, 9.17) is 24.4 Å². The number of aromatic amines is 3. The summed E-state index contributed by atoms with van der Waals surface area (Å²) in [5.41, 5.74) is 8.38. The number of fused-ring (bicyclic) bond motifs is 2. The van der Waals surface area contributed by atoms with Gasteiger partial charge in [0.25, 0.3) is 0 Å². The third-order valence-electron chi connectivity index (χ3n) is 12.5. The van der Waals surface area contributed by atoms with Crippen LogP contribution < -0.4 is 10.6 Å². The molecule has 0 saturated carbocycles. The van der Waals surface area contributed by atoms with Crippen molar-refractivity contribution in [1.82, 2.24) is 55.3 Å². The van der Waals surface area contributed by atoms with Crippen molar-refractivity contribution in [3.63, 3.8) is 0 Å². The average molecular weight is 878 g/mol. The normalized spacial score (nSPS) is 17.1. The quantitative estimate of drug-likeness (QED) is 0.0830. The van der Waals surface area contributed by atoms with Crippen LogP contribution >= 0.6 is 0 Å². The molecule has 4 amide bonds. The fourth-order valence-corrected chi connectivity index (χ4v) is 9.07. The number of methoxy groups -OCH3 is 2. The molecule has 2 aliphatic rings. The number of para-hydroxylation sites is 1. The molecule has 334 valence electrons. The number of benzene rings is 3. The van der Waals surface area contributed by atoms with E-state index in [1.165, 1.54) is 14.2 Å². The summed E-state index contributed by atoms with van der Waals surface area (Å²) in [6.45, 7) is 4.91. The van der Waals surface area contributed by atoms with Gasteiger partial charge in [0, 0.05) is 47.7 Å². The molecular weight excluding hydrogens is 827 g/mol. The molecule has 0 unspecified atom stereocenters. The monoisotopic (exact) mass is 877 g/mol. The number of nitrogens with one attached hydrogen (secondary N) is 5. The molecule has 9 rings (SSSR count). The molecule has 0 radical (unpaired) electrons. The highest BCUT2D eigenvalue weighted by Gasteiger charge is 2.38. The van der Waals surface area contributed by atoms with Gasteiger partial charge in [-0.25, -0.2) is 24.5 Å². The molecule has 5 N–H and O–H groups in total. The Morgan fingerprint density at radius 3 is 2.02 bits per heavy atom. The van der Waals surface area contributed by atoms with E-state index in [1.807, 2.05) is 86.8 Å². The van der Waals surface area contributed by atoms with Crippen LogP contribution in [-0.4, -0.2) is 108 Å². The van der Waals surface area contributed by atoms with Gasteiger partial charge in [0.1, 0.15) is 23.7 Å². The number of hydrogen-bond donors (Lipinski definition) is 5. The molecule has 2 aliphatic heterocycles. The van der Waals surface area contributed by atoms with Gasteiger partial charge in [0.05, 0.1) is 73.0 Å². The minimum atomic E-state index is -0.834. The van der Waals surface area contributed by atoms with Crippen molar-refractivity contribution in [2.45, 2.75) is 70.1 Å². The SMILES string of the molecule is COC(=O)N[C@H](C(=O)N1CCC[C@H]1c1ncc(-c2ccc(-c3cnc4cc(-c5cnc([C@@H]6CCCN6C(=O)[C@@H](Cc6c[nH]c7ccccc67)NC(=O)OC)[nH]5)ccc4n3)cc2)[nH]1)C(C)C. The Labute approximate surface area is 374 Å². The van der Waals surface area contributed by atoms with E-state index >= 15 is 0 Å². The Morgan fingerprint density at radius 2 is 1.34 bits per heavy atom. The maximum atomic E-state index is 14.2. The molecule has 4 aromatic heterocycles. The zero-order valence-electron chi connectivity index (χ0n) is 36.6. The van der Waals surface area contributed by atoms with Crippen LogP contribution in [-0.2, 0) is 25.5 Å². The predicted molar refractivity (Wildman–Crippen MR) is 243 cm³/mol. The maximum Gasteiger partial charge on any atom is 0.407 e. The zero-order chi connectivity index (χ0) is 45.2. The van der Waals surface area contributed by atoms with Crippen molar-refractivity contribution < 1.29 is 28.7 Å². The molecule has 7 aromatic rings. The number of imidazole rings is 2. The van der Waals surface area contributed by atoms with Crippen molar-refractivity contribution in [3.05, 3.63) is 109 Å². The number of amides is 4. The lowest BCUT2D eigenvalue weighted by Crippen LogP contribution is -2.51. The number of likely N-dealkylation sites (tertiary alicyclic amines) is 2. The van der Waals surface area contributed by atoms with Crippen LogP contribution in [0.3, 0.4) is 0 Å². The number of carbonyl (C=O) groups excluding carboxylic acids is 4. The number of H-pyrrole nitrogens is 3. The molecule has 4 atom stereocenters. The van der Waals surface area contributed by atoms with Gasteiger partial charge in [-0.1, -0.05) is 62.4 Å². The van der Waals surface area contributed by atoms with E-state index in [2.05, 4.69) is 30.6 Å². The Balaban J connectivity index is 0.869. The number of aromatic nitrogens is 7.